The number of carbonyl (C=O) groups is 1. The molecule has 5 nitrogen and oxygen atoms in total. The second kappa shape index (κ2) is 8.70. The molecule has 1 fully saturated rings. The number of likely N-dealkylation sites (tertiary alicyclic amines) is 1. The lowest BCUT2D eigenvalue weighted by atomic mass is 10.1. The van der Waals surface area contributed by atoms with Crippen LogP contribution in [0.4, 0.5) is 10.6 Å². The molecule has 0 aliphatic carbocycles. The number of aromatic nitrogens is 1. The van der Waals surface area contributed by atoms with Gasteiger partial charge in [-0.05, 0) is 37.8 Å². The monoisotopic (exact) mass is 353 g/mol. The van der Waals surface area contributed by atoms with E-state index in [2.05, 4.69) is 30.2 Å². The van der Waals surface area contributed by atoms with Crippen LogP contribution in [0.3, 0.4) is 0 Å². The molecule has 3 rings (SSSR count). The number of pyridine rings is 1. The highest BCUT2D eigenvalue weighted by atomic mass is 16.6. The lowest BCUT2D eigenvalue weighted by Crippen LogP contribution is -2.31. The number of carbonyl (C=O) groups excluding carboxylic acids is 1. The van der Waals surface area contributed by atoms with E-state index in [-0.39, 0.29) is 12.1 Å². The molecule has 138 valence electrons. The van der Waals surface area contributed by atoms with Crippen LogP contribution in [-0.4, -0.2) is 28.6 Å². The summed E-state index contributed by atoms with van der Waals surface area (Å²) in [5, 5.41) is 3.46. The zero-order valence-electron chi connectivity index (χ0n) is 15.5. The van der Waals surface area contributed by atoms with Gasteiger partial charge in [-0.25, -0.2) is 9.78 Å². The molecule has 1 saturated heterocycles. The number of benzene rings is 1. The molecule has 0 bridgehead atoms. The number of nitrogens with one attached hydrogen (secondary N) is 1. The van der Waals surface area contributed by atoms with Crippen molar-refractivity contribution in [1.29, 1.82) is 0 Å². The molecule has 1 aromatic carbocycles. The predicted octanol–water partition coefficient (Wildman–Crippen LogP) is 4.77. The Morgan fingerprint density at radius 3 is 2.88 bits per heavy atom. The van der Waals surface area contributed by atoms with Gasteiger partial charge < -0.3 is 15.0 Å². The highest BCUT2D eigenvalue weighted by Gasteiger charge is 2.33. The van der Waals surface area contributed by atoms with E-state index in [1.807, 2.05) is 41.3 Å². The molecular weight excluding hydrogens is 326 g/mol. The maximum atomic E-state index is 12.7. The van der Waals surface area contributed by atoms with Crippen LogP contribution in [0.5, 0.6) is 0 Å². The number of nitrogens with zero attached hydrogens (tertiary/aromatic N) is 2. The van der Waals surface area contributed by atoms with Crippen LogP contribution in [0.1, 0.15) is 50.3 Å². The molecular formula is C21H27N3O2. The summed E-state index contributed by atoms with van der Waals surface area (Å²) in [7, 11) is 0. The SMILES string of the molecule is CC[C@@H](C)Nc1ncccc1[C@H]1CCCN1C(=O)OCc1ccccc1. The van der Waals surface area contributed by atoms with E-state index in [0.29, 0.717) is 12.6 Å². The lowest BCUT2D eigenvalue weighted by Gasteiger charge is -2.26. The van der Waals surface area contributed by atoms with E-state index in [9.17, 15) is 4.79 Å². The van der Waals surface area contributed by atoms with E-state index >= 15 is 0 Å². The third-order valence-corrected chi connectivity index (χ3v) is 4.89. The Balaban J connectivity index is 1.71. The normalized spacial score (nSPS) is 17.8. The highest BCUT2D eigenvalue weighted by molar-refractivity contribution is 5.69. The van der Waals surface area contributed by atoms with Crippen LogP contribution in [0.15, 0.2) is 48.7 Å². The van der Waals surface area contributed by atoms with E-state index in [1.54, 1.807) is 6.20 Å². The number of ether oxygens (including phenoxy) is 1. The van der Waals surface area contributed by atoms with Gasteiger partial charge in [-0.2, -0.15) is 0 Å². The fourth-order valence-corrected chi connectivity index (χ4v) is 3.25. The fraction of sp³-hybridized carbons (Fsp3) is 0.429. The minimum absolute atomic E-state index is 0.0125. The Bertz CT molecular complexity index is 720. The Morgan fingerprint density at radius 1 is 1.31 bits per heavy atom. The van der Waals surface area contributed by atoms with Crippen LogP contribution in [0.2, 0.25) is 0 Å². The second-order valence-electron chi connectivity index (χ2n) is 6.79. The summed E-state index contributed by atoms with van der Waals surface area (Å²) >= 11 is 0. The van der Waals surface area contributed by atoms with E-state index in [1.165, 1.54) is 0 Å². The summed E-state index contributed by atoms with van der Waals surface area (Å²) < 4.78 is 5.55. The lowest BCUT2D eigenvalue weighted by molar-refractivity contribution is 0.0921. The van der Waals surface area contributed by atoms with Crippen LogP contribution in [-0.2, 0) is 11.3 Å². The van der Waals surface area contributed by atoms with Crippen molar-refractivity contribution in [1.82, 2.24) is 9.88 Å². The molecule has 2 aromatic rings. The number of hydrogen-bond donors (Lipinski definition) is 1. The first-order valence-electron chi connectivity index (χ1n) is 9.37. The molecule has 0 spiro atoms. The smallest absolute Gasteiger partial charge is 0.410 e. The average molecular weight is 353 g/mol. The van der Waals surface area contributed by atoms with Crippen LogP contribution >= 0.6 is 0 Å². The molecule has 1 amide bonds. The number of rotatable bonds is 6. The van der Waals surface area contributed by atoms with Crippen LogP contribution in [0, 0.1) is 0 Å². The molecule has 1 aliphatic heterocycles. The predicted molar refractivity (Wildman–Crippen MR) is 103 cm³/mol. The van der Waals surface area contributed by atoms with Gasteiger partial charge in [0.25, 0.3) is 0 Å². The largest absolute Gasteiger partial charge is 0.445 e. The molecule has 0 unspecified atom stereocenters. The van der Waals surface area contributed by atoms with Gasteiger partial charge in [0.15, 0.2) is 0 Å². The second-order valence-corrected chi connectivity index (χ2v) is 6.79. The first-order valence-corrected chi connectivity index (χ1v) is 9.37. The fourth-order valence-electron chi connectivity index (χ4n) is 3.25. The molecule has 2 heterocycles. The van der Waals surface area contributed by atoms with Crippen molar-refractivity contribution in [2.45, 2.75) is 51.8 Å². The summed E-state index contributed by atoms with van der Waals surface area (Å²) in [5.74, 6) is 0.870. The zero-order chi connectivity index (χ0) is 18.4. The van der Waals surface area contributed by atoms with E-state index in [0.717, 1.165) is 42.8 Å². The van der Waals surface area contributed by atoms with Gasteiger partial charge in [0.1, 0.15) is 12.4 Å². The molecule has 2 atom stereocenters. The van der Waals surface area contributed by atoms with Crippen molar-refractivity contribution in [3.8, 4) is 0 Å². The molecule has 1 aromatic heterocycles. The summed E-state index contributed by atoms with van der Waals surface area (Å²) in [6.07, 6.45) is 4.46. The number of amides is 1. The van der Waals surface area contributed by atoms with E-state index in [4.69, 9.17) is 4.74 Å². The van der Waals surface area contributed by atoms with Gasteiger partial charge in [0, 0.05) is 24.3 Å². The number of anilines is 1. The van der Waals surface area contributed by atoms with Crippen molar-refractivity contribution in [3.63, 3.8) is 0 Å². The third kappa shape index (κ3) is 4.34. The minimum atomic E-state index is -0.255. The maximum Gasteiger partial charge on any atom is 0.410 e. The summed E-state index contributed by atoms with van der Waals surface area (Å²) in [6.45, 7) is 5.30. The maximum absolute atomic E-state index is 12.7. The Morgan fingerprint density at radius 2 is 2.12 bits per heavy atom. The van der Waals surface area contributed by atoms with Gasteiger partial charge in [0.2, 0.25) is 0 Å². The van der Waals surface area contributed by atoms with Crippen molar-refractivity contribution >= 4 is 11.9 Å². The average Bonchev–Trinajstić information content (AvgIpc) is 3.17. The molecule has 0 saturated carbocycles. The van der Waals surface area contributed by atoms with Crippen molar-refractivity contribution in [3.05, 3.63) is 59.8 Å². The van der Waals surface area contributed by atoms with Gasteiger partial charge in [-0.3, -0.25) is 0 Å². The zero-order valence-corrected chi connectivity index (χ0v) is 15.5. The Hall–Kier alpha value is -2.56. The molecule has 1 aliphatic rings. The van der Waals surface area contributed by atoms with Crippen molar-refractivity contribution in [2.75, 3.05) is 11.9 Å². The Kier molecular flexibility index (Phi) is 6.10. The minimum Gasteiger partial charge on any atom is -0.445 e. The quantitative estimate of drug-likeness (QED) is 0.813. The first kappa shape index (κ1) is 18.2. The van der Waals surface area contributed by atoms with Crippen molar-refractivity contribution in [2.24, 2.45) is 0 Å². The summed E-state index contributed by atoms with van der Waals surface area (Å²) in [4.78, 5) is 19.0. The summed E-state index contributed by atoms with van der Waals surface area (Å²) in [6, 6.07) is 14.1. The third-order valence-electron chi connectivity index (χ3n) is 4.89. The standard InChI is InChI=1S/C21H27N3O2/c1-3-16(2)23-20-18(11-7-13-22-20)19-12-8-14-24(19)21(25)26-15-17-9-5-4-6-10-17/h4-7,9-11,13,16,19H,3,8,12,14-15H2,1-2H3,(H,22,23)/t16-,19-/m1/s1. The topological polar surface area (TPSA) is 54.5 Å². The molecule has 0 radical (unpaired) electrons. The highest BCUT2D eigenvalue weighted by Crippen LogP contribution is 2.35. The Labute approximate surface area is 155 Å². The van der Waals surface area contributed by atoms with E-state index < -0.39 is 0 Å². The molecule has 1 N–H and O–H groups in total. The molecule has 26 heavy (non-hydrogen) atoms. The van der Waals surface area contributed by atoms with Gasteiger partial charge in [0.05, 0.1) is 6.04 Å². The first-order chi connectivity index (χ1) is 12.7. The number of hydrogen-bond acceptors (Lipinski definition) is 4. The van der Waals surface area contributed by atoms with Gasteiger partial charge >= 0.3 is 6.09 Å². The summed E-state index contributed by atoms with van der Waals surface area (Å²) in [5.41, 5.74) is 2.07. The van der Waals surface area contributed by atoms with Gasteiger partial charge in [-0.1, -0.05) is 43.3 Å². The van der Waals surface area contributed by atoms with Crippen LogP contribution in [0.25, 0.3) is 0 Å². The van der Waals surface area contributed by atoms with Gasteiger partial charge in [-0.15, -0.1) is 0 Å². The van der Waals surface area contributed by atoms with Crippen molar-refractivity contribution < 1.29 is 9.53 Å². The molecule has 5 heteroatoms. The van der Waals surface area contributed by atoms with Crippen LogP contribution < -0.4 is 5.32 Å².